The van der Waals surface area contributed by atoms with Gasteiger partial charge in [0.05, 0.1) is 5.69 Å². The zero-order chi connectivity index (χ0) is 8.43. The van der Waals surface area contributed by atoms with E-state index in [0.717, 1.165) is 5.56 Å². The highest BCUT2D eigenvalue weighted by molar-refractivity contribution is 7.34. The van der Waals surface area contributed by atoms with Gasteiger partial charge in [-0.05, 0) is 24.6 Å². The van der Waals surface area contributed by atoms with Crippen LogP contribution in [0.4, 0.5) is 10.1 Å². The van der Waals surface area contributed by atoms with Crippen molar-refractivity contribution >= 4 is 19.5 Å². The number of nitrogen functional groups attached to an aromatic ring is 1. The molecule has 0 atom stereocenters. The summed E-state index contributed by atoms with van der Waals surface area (Å²) in [6, 6.07) is 2.65. The van der Waals surface area contributed by atoms with Gasteiger partial charge in [0.1, 0.15) is 5.82 Å². The van der Waals surface area contributed by atoms with Gasteiger partial charge in [0.15, 0.2) is 8.46 Å². The molecule has 0 saturated carbocycles. The van der Waals surface area contributed by atoms with E-state index in [1.807, 2.05) is 0 Å². The summed E-state index contributed by atoms with van der Waals surface area (Å²) in [6.07, 6.45) is 0. The summed E-state index contributed by atoms with van der Waals surface area (Å²) in [4.78, 5) is 0. The minimum absolute atomic E-state index is 0.0925. The third-order valence-corrected chi connectivity index (χ3v) is 2.09. The van der Waals surface area contributed by atoms with Crippen LogP contribution >= 0.6 is 8.46 Å². The molecular weight excluding hydrogens is 164 g/mol. The quantitative estimate of drug-likeness (QED) is 0.515. The summed E-state index contributed by atoms with van der Waals surface area (Å²) in [5, 5.41) is 0.441. The van der Waals surface area contributed by atoms with E-state index in [1.54, 1.807) is 6.92 Å². The Hall–Kier alpha value is -0.950. The van der Waals surface area contributed by atoms with Crippen molar-refractivity contribution in [3.05, 3.63) is 23.5 Å². The smallest absolute Gasteiger partial charge is 0.192 e. The van der Waals surface area contributed by atoms with Crippen molar-refractivity contribution in [1.82, 2.24) is 0 Å². The first-order valence-electron chi connectivity index (χ1n) is 3.04. The Balaban J connectivity index is 3.31. The number of rotatable bonds is 1. The molecule has 58 valence electrons. The fourth-order valence-electron chi connectivity index (χ4n) is 0.792. The number of nitrogens with two attached hydrogens (primary N) is 1. The topological polar surface area (TPSA) is 43.1 Å². The Morgan fingerprint density at radius 1 is 1.55 bits per heavy atom. The van der Waals surface area contributed by atoms with Gasteiger partial charge in [-0.15, -0.1) is 0 Å². The fourth-order valence-corrected chi connectivity index (χ4v) is 1.17. The third-order valence-electron chi connectivity index (χ3n) is 1.41. The van der Waals surface area contributed by atoms with Crippen LogP contribution in [-0.2, 0) is 4.57 Å². The molecule has 1 rings (SSSR count). The normalized spacial score (nSPS) is 10.4. The molecule has 0 unspecified atom stereocenters. The van der Waals surface area contributed by atoms with E-state index in [2.05, 4.69) is 0 Å². The summed E-state index contributed by atoms with van der Waals surface area (Å²) in [6.45, 7) is 1.73. The number of halogens is 1. The van der Waals surface area contributed by atoms with Crippen LogP contribution in [-0.4, -0.2) is 0 Å². The number of hydrogen-bond acceptors (Lipinski definition) is 2. The molecule has 1 aromatic rings. The molecule has 0 bridgehead atoms. The second-order valence-corrected chi connectivity index (χ2v) is 2.92. The van der Waals surface area contributed by atoms with E-state index >= 15 is 0 Å². The highest BCUT2D eigenvalue weighted by atomic mass is 31.1. The lowest BCUT2D eigenvalue weighted by atomic mass is 10.2. The molecule has 2 nitrogen and oxygen atoms in total. The Kier molecular flexibility index (Phi) is 2.20. The molecule has 0 aliphatic heterocycles. The predicted octanol–water partition coefficient (Wildman–Crippen LogP) is 1.63. The van der Waals surface area contributed by atoms with Gasteiger partial charge in [0.2, 0.25) is 0 Å². The minimum atomic E-state index is -0.519. The van der Waals surface area contributed by atoms with Gasteiger partial charge in [0.25, 0.3) is 0 Å². The molecular formula is C7H7FNOP. The Morgan fingerprint density at radius 3 is 2.73 bits per heavy atom. The number of anilines is 1. The highest BCUT2D eigenvalue weighted by Crippen LogP contribution is 2.12. The van der Waals surface area contributed by atoms with Crippen LogP contribution in [0.5, 0.6) is 0 Å². The molecule has 1 aromatic carbocycles. The van der Waals surface area contributed by atoms with Crippen LogP contribution in [0.2, 0.25) is 0 Å². The number of benzene rings is 1. The zero-order valence-electron chi connectivity index (χ0n) is 5.97. The maximum atomic E-state index is 12.7. The van der Waals surface area contributed by atoms with Gasteiger partial charge >= 0.3 is 0 Å². The van der Waals surface area contributed by atoms with Gasteiger partial charge < -0.3 is 5.73 Å². The van der Waals surface area contributed by atoms with E-state index < -0.39 is 5.82 Å². The van der Waals surface area contributed by atoms with Crippen molar-refractivity contribution in [2.75, 3.05) is 5.73 Å². The van der Waals surface area contributed by atoms with Crippen LogP contribution in [0, 0.1) is 12.7 Å². The van der Waals surface area contributed by atoms with Crippen molar-refractivity contribution < 1.29 is 8.96 Å². The first-order valence-corrected chi connectivity index (χ1v) is 3.85. The van der Waals surface area contributed by atoms with Crippen molar-refractivity contribution in [3.63, 3.8) is 0 Å². The van der Waals surface area contributed by atoms with Crippen LogP contribution in [0.3, 0.4) is 0 Å². The largest absolute Gasteiger partial charge is 0.396 e. The fraction of sp³-hybridized carbons (Fsp3) is 0.143. The van der Waals surface area contributed by atoms with Crippen molar-refractivity contribution in [2.24, 2.45) is 0 Å². The number of hydrogen-bond donors (Lipinski definition) is 1. The SMILES string of the molecule is Cc1cc(N)c(F)cc1P=O. The molecule has 0 radical (unpaired) electrons. The molecule has 0 aromatic heterocycles. The molecule has 0 aliphatic rings. The molecule has 0 aliphatic carbocycles. The van der Waals surface area contributed by atoms with Gasteiger partial charge in [-0.2, -0.15) is 0 Å². The Labute approximate surface area is 65.4 Å². The van der Waals surface area contributed by atoms with E-state index in [1.165, 1.54) is 12.1 Å². The van der Waals surface area contributed by atoms with Gasteiger partial charge in [-0.3, -0.25) is 4.57 Å². The highest BCUT2D eigenvalue weighted by Gasteiger charge is 2.03. The molecule has 0 amide bonds. The molecule has 2 N–H and O–H groups in total. The van der Waals surface area contributed by atoms with E-state index in [9.17, 15) is 8.96 Å². The van der Waals surface area contributed by atoms with E-state index in [-0.39, 0.29) is 14.1 Å². The first kappa shape index (κ1) is 8.15. The van der Waals surface area contributed by atoms with Gasteiger partial charge in [0, 0.05) is 5.30 Å². The number of aryl methyl sites for hydroxylation is 1. The Morgan fingerprint density at radius 2 is 2.18 bits per heavy atom. The lowest BCUT2D eigenvalue weighted by Crippen LogP contribution is -2.02. The minimum Gasteiger partial charge on any atom is -0.396 e. The van der Waals surface area contributed by atoms with E-state index in [4.69, 9.17) is 5.73 Å². The summed E-state index contributed by atoms with van der Waals surface area (Å²) in [5.41, 5.74) is 6.09. The predicted molar refractivity (Wildman–Crippen MR) is 42.8 cm³/mol. The monoisotopic (exact) mass is 171 g/mol. The molecule has 4 heteroatoms. The van der Waals surface area contributed by atoms with Crippen molar-refractivity contribution in [2.45, 2.75) is 6.92 Å². The summed E-state index contributed by atoms with van der Waals surface area (Å²) in [5.74, 6) is -0.519. The van der Waals surface area contributed by atoms with Crippen LogP contribution in [0.25, 0.3) is 0 Å². The molecule has 11 heavy (non-hydrogen) atoms. The van der Waals surface area contributed by atoms with Crippen LogP contribution in [0.15, 0.2) is 12.1 Å². The van der Waals surface area contributed by atoms with Crippen molar-refractivity contribution in [1.29, 1.82) is 0 Å². The maximum Gasteiger partial charge on any atom is 0.192 e. The average molecular weight is 171 g/mol. The van der Waals surface area contributed by atoms with Gasteiger partial charge in [-0.1, -0.05) is 0 Å². The summed E-state index contributed by atoms with van der Waals surface area (Å²) >= 11 is 0. The third kappa shape index (κ3) is 1.55. The molecule has 0 heterocycles. The second kappa shape index (κ2) is 2.97. The molecule has 0 fully saturated rings. The summed E-state index contributed by atoms with van der Waals surface area (Å²) < 4.78 is 23.1. The van der Waals surface area contributed by atoms with E-state index in [0.29, 0.717) is 5.30 Å². The zero-order valence-corrected chi connectivity index (χ0v) is 6.86. The van der Waals surface area contributed by atoms with Gasteiger partial charge in [-0.25, -0.2) is 4.39 Å². The lowest BCUT2D eigenvalue weighted by molar-refractivity contribution is 0.602. The second-order valence-electron chi connectivity index (χ2n) is 2.25. The Bertz CT molecular complexity index is 301. The van der Waals surface area contributed by atoms with Crippen LogP contribution in [0.1, 0.15) is 5.56 Å². The molecule has 0 spiro atoms. The molecule has 0 saturated heterocycles. The standard InChI is InChI=1S/C7H7FNOP/c1-4-2-6(9)5(8)3-7(4)11-10/h2-3H,9H2,1H3. The summed E-state index contributed by atoms with van der Waals surface area (Å²) in [7, 11) is -0.176. The van der Waals surface area contributed by atoms with Crippen molar-refractivity contribution in [3.8, 4) is 0 Å². The first-order chi connectivity index (χ1) is 5.15. The maximum absolute atomic E-state index is 12.7. The lowest BCUT2D eigenvalue weighted by Gasteiger charge is -1.99. The average Bonchev–Trinajstić information content (AvgIpc) is 1.97. The van der Waals surface area contributed by atoms with Crippen LogP contribution < -0.4 is 11.0 Å².